The summed E-state index contributed by atoms with van der Waals surface area (Å²) in [6, 6.07) is 0. The molecule has 0 saturated heterocycles. The molecule has 0 aliphatic heterocycles. The van der Waals surface area contributed by atoms with Crippen molar-refractivity contribution in [2.75, 3.05) is 13.2 Å². The normalized spacial score (nSPS) is 11.4. The quantitative estimate of drug-likeness (QED) is 0.0635. The highest BCUT2D eigenvalue weighted by molar-refractivity contribution is 4.50. The van der Waals surface area contributed by atoms with Gasteiger partial charge in [-0.25, -0.2) is 9.78 Å². The van der Waals surface area contributed by atoms with Gasteiger partial charge in [0.2, 0.25) is 0 Å². The average Bonchev–Trinajstić information content (AvgIpc) is 2.81. The van der Waals surface area contributed by atoms with E-state index in [4.69, 9.17) is 9.78 Å². The van der Waals surface area contributed by atoms with E-state index < -0.39 is 0 Å². The van der Waals surface area contributed by atoms with E-state index >= 15 is 0 Å². The van der Waals surface area contributed by atoms with Crippen LogP contribution in [0.2, 0.25) is 0 Å². The first-order valence-electron chi connectivity index (χ1n) is 15.2. The lowest BCUT2D eigenvalue weighted by molar-refractivity contribution is -0.295. The first-order valence-corrected chi connectivity index (χ1v) is 15.2. The van der Waals surface area contributed by atoms with Crippen LogP contribution in [-0.4, -0.2) is 13.2 Å². The summed E-state index contributed by atoms with van der Waals surface area (Å²) >= 11 is 0. The number of rotatable bonds is 29. The van der Waals surface area contributed by atoms with E-state index in [0.717, 1.165) is 26.1 Å². The van der Waals surface area contributed by atoms with Gasteiger partial charge in [0.25, 0.3) is 0 Å². The van der Waals surface area contributed by atoms with Gasteiger partial charge in [0.05, 0.1) is 13.2 Å². The van der Waals surface area contributed by atoms with Crippen molar-refractivity contribution in [1.82, 2.24) is 0 Å². The Labute approximate surface area is 203 Å². The standard InChI is InChI=1S/C30H62O2/c1-3-5-7-9-11-13-15-16-17-18-19-20-22-24-26-28-30-32-31-29-27-25-23-21-14-12-10-8-6-4-2/h3-30H2,1-2H3. The predicted molar refractivity (Wildman–Crippen MR) is 143 cm³/mol. The monoisotopic (exact) mass is 454 g/mol. The van der Waals surface area contributed by atoms with Gasteiger partial charge >= 0.3 is 0 Å². The Morgan fingerprint density at radius 2 is 0.438 bits per heavy atom. The van der Waals surface area contributed by atoms with Crippen LogP contribution < -0.4 is 0 Å². The molecule has 0 aromatic rings. The van der Waals surface area contributed by atoms with Crippen molar-refractivity contribution in [3.05, 3.63) is 0 Å². The third kappa shape index (κ3) is 29.9. The zero-order chi connectivity index (χ0) is 23.2. The molecule has 0 amide bonds. The van der Waals surface area contributed by atoms with Gasteiger partial charge in [-0.05, 0) is 12.8 Å². The van der Waals surface area contributed by atoms with Gasteiger partial charge in [0.15, 0.2) is 0 Å². The summed E-state index contributed by atoms with van der Waals surface area (Å²) in [6.45, 7) is 6.13. The second-order valence-corrected chi connectivity index (χ2v) is 10.1. The lowest BCUT2D eigenvalue weighted by Gasteiger charge is -2.05. The molecule has 0 heterocycles. The minimum Gasteiger partial charge on any atom is -0.237 e. The van der Waals surface area contributed by atoms with E-state index in [-0.39, 0.29) is 0 Å². The van der Waals surface area contributed by atoms with Crippen LogP contribution in [0.3, 0.4) is 0 Å². The van der Waals surface area contributed by atoms with Crippen molar-refractivity contribution < 1.29 is 9.78 Å². The van der Waals surface area contributed by atoms with Crippen LogP contribution in [0.4, 0.5) is 0 Å². The van der Waals surface area contributed by atoms with Crippen molar-refractivity contribution in [3.63, 3.8) is 0 Å². The van der Waals surface area contributed by atoms with Gasteiger partial charge in [-0.2, -0.15) is 0 Å². The molecule has 2 heteroatoms. The molecule has 0 aliphatic carbocycles. The highest BCUT2D eigenvalue weighted by Gasteiger charge is 1.96. The van der Waals surface area contributed by atoms with Crippen molar-refractivity contribution in [1.29, 1.82) is 0 Å². The van der Waals surface area contributed by atoms with Gasteiger partial charge in [-0.1, -0.05) is 168 Å². The van der Waals surface area contributed by atoms with E-state index in [2.05, 4.69) is 13.8 Å². The largest absolute Gasteiger partial charge is 0.237 e. The molecular weight excluding hydrogens is 392 g/mol. The van der Waals surface area contributed by atoms with Crippen LogP contribution in [0, 0.1) is 0 Å². The second-order valence-electron chi connectivity index (χ2n) is 10.1. The first kappa shape index (κ1) is 31.9. The smallest absolute Gasteiger partial charge is 0.0822 e. The van der Waals surface area contributed by atoms with Gasteiger partial charge in [-0.15, -0.1) is 0 Å². The van der Waals surface area contributed by atoms with Gasteiger partial charge in [-0.3, -0.25) is 0 Å². The zero-order valence-corrected chi connectivity index (χ0v) is 22.6. The van der Waals surface area contributed by atoms with Crippen LogP contribution in [0.5, 0.6) is 0 Å². The van der Waals surface area contributed by atoms with Crippen molar-refractivity contribution >= 4 is 0 Å². The SMILES string of the molecule is CCCCCCCCCCCCCCCCCCOOCCCCCCCCCCCC. The molecule has 0 radical (unpaired) electrons. The summed E-state index contributed by atoms with van der Waals surface area (Å²) in [6.07, 6.45) is 36.2. The molecule has 194 valence electrons. The van der Waals surface area contributed by atoms with Crippen LogP contribution in [-0.2, 0) is 9.78 Å². The van der Waals surface area contributed by atoms with Crippen molar-refractivity contribution in [2.24, 2.45) is 0 Å². The number of hydrogen-bond donors (Lipinski definition) is 0. The summed E-state index contributed by atoms with van der Waals surface area (Å²) in [4.78, 5) is 10.7. The molecule has 0 N–H and O–H groups in total. The fourth-order valence-electron chi connectivity index (χ4n) is 4.48. The summed E-state index contributed by atoms with van der Waals surface area (Å²) in [5.41, 5.74) is 0. The molecule has 0 bridgehead atoms. The maximum Gasteiger partial charge on any atom is 0.0822 e. The van der Waals surface area contributed by atoms with Crippen molar-refractivity contribution in [2.45, 2.75) is 181 Å². The number of hydrogen-bond acceptors (Lipinski definition) is 2. The maximum atomic E-state index is 5.34. The number of unbranched alkanes of at least 4 members (excludes halogenated alkanes) is 24. The molecule has 0 spiro atoms. The average molecular weight is 455 g/mol. The van der Waals surface area contributed by atoms with Gasteiger partial charge < -0.3 is 0 Å². The van der Waals surface area contributed by atoms with Gasteiger partial charge in [0.1, 0.15) is 0 Å². The van der Waals surface area contributed by atoms with E-state index in [1.54, 1.807) is 0 Å². The lowest BCUT2D eigenvalue weighted by atomic mass is 10.0. The molecule has 2 nitrogen and oxygen atoms in total. The van der Waals surface area contributed by atoms with E-state index in [0.29, 0.717) is 0 Å². The second kappa shape index (κ2) is 30.9. The molecular formula is C30H62O2. The summed E-state index contributed by atoms with van der Waals surface area (Å²) < 4.78 is 0. The topological polar surface area (TPSA) is 18.5 Å². The minimum absolute atomic E-state index is 0.773. The van der Waals surface area contributed by atoms with Crippen LogP contribution in [0.15, 0.2) is 0 Å². The molecule has 0 rings (SSSR count). The Balaban J connectivity index is 2.98. The molecule has 0 atom stereocenters. The molecule has 32 heavy (non-hydrogen) atoms. The molecule has 0 unspecified atom stereocenters. The third-order valence-electron chi connectivity index (χ3n) is 6.75. The Bertz CT molecular complexity index is 275. The molecule has 0 aromatic carbocycles. The highest BCUT2D eigenvalue weighted by atomic mass is 17.2. The molecule has 0 fully saturated rings. The summed E-state index contributed by atoms with van der Waals surface area (Å²) in [7, 11) is 0. The first-order chi connectivity index (χ1) is 15.9. The maximum absolute atomic E-state index is 5.34. The predicted octanol–water partition coefficient (Wildman–Crippen LogP) is 11.1. The Morgan fingerprint density at radius 3 is 0.656 bits per heavy atom. The summed E-state index contributed by atoms with van der Waals surface area (Å²) in [5, 5.41) is 0. The fourth-order valence-corrected chi connectivity index (χ4v) is 4.48. The van der Waals surface area contributed by atoms with Gasteiger partial charge in [0, 0.05) is 0 Å². The van der Waals surface area contributed by atoms with Crippen LogP contribution >= 0.6 is 0 Å². The third-order valence-corrected chi connectivity index (χ3v) is 6.75. The fraction of sp³-hybridized carbons (Fsp3) is 1.00. The summed E-state index contributed by atoms with van der Waals surface area (Å²) in [5.74, 6) is 0. The van der Waals surface area contributed by atoms with Crippen molar-refractivity contribution in [3.8, 4) is 0 Å². The van der Waals surface area contributed by atoms with E-state index in [9.17, 15) is 0 Å². The van der Waals surface area contributed by atoms with Crippen LogP contribution in [0.25, 0.3) is 0 Å². The Hall–Kier alpha value is -0.0800. The van der Waals surface area contributed by atoms with E-state index in [1.807, 2.05) is 0 Å². The molecule has 0 aromatic heterocycles. The zero-order valence-electron chi connectivity index (χ0n) is 22.6. The highest BCUT2D eigenvalue weighted by Crippen LogP contribution is 2.14. The van der Waals surface area contributed by atoms with E-state index in [1.165, 1.54) is 154 Å². The molecule has 0 aliphatic rings. The lowest BCUT2D eigenvalue weighted by Crippen LogP contribution is -1.99. The molecule has 0 saturated carbocycles. The van der Waals surface area contributed by atoms with Crippen LogP contribution in [0.1, 0.15) is 181 Å². The minimum atomic E-state index is 0.773. The Kier molecular flexibility index (Phi) is 30.8. The Morgan fingerprint density at radius 1 is 0.250 bits per heavy atom.